The molecule has 0 aliphatic carbocycles. The SMILES string of the molecule is CCCS(=O)(=O)N(C)C(CCO)c1ccccc1. The predicted octanol–water partition coefficient (Wildman–Crippen LogP) is 1.78. The molecular formula is C13H21NO3S. The Bertz CT molecular complexity index is 445. The van der Waals surface area contributed by atoms with Gasteiger partial charge in [-0.3, -0.25) is 0 Å². The maximum absolute atomic E-state index is 12.1. The van der Waals surface area contributed by atoms with E-state index in [1.54, 1.807) is 7.05 Å². The highest BCUT2D eigenvalue weighted by Gasteiger charge is 2.26. The van der Waals surface area contributed by atoms with Crippen LogP contribution < -0.4 is 0 Å². The van der Waals surface area contributed by atoms with Crippen LogP contribution in [-0.2, 0) is 10.0 Å². The van der Waals surface area contributed by atoms with Crippen molar-refractivity contribution in [2.24, 2.45) is 0 Å². The first-order valence-electron chi connectivity index (χ1n) is 6.14. The second kappa shape index (κ2) is 6.87. The summed E-state index contributed by atoms with van der Waals surface area (Å²) in [6.45, 7) is 1.81. The van der Waals surface area contributed by atoms with Gasteiger partial charge in [0.15, 0.2) is 0 Å². The summed E-state index contributed by atoms with van der Waals surface area (Å²) in [6.07, 6.45) is 0.997. The molecule has 102 valence electrons. The number of hydrogen-bond acceptors (Lipinski definition) is 3. The van der Waals surface area contributed by atoms with Crippen LogP contribution in [0.15, 0.2) is 30.3 Å². The second-order valence-corrected chi connectivity index (χ2v) is 6.42. The van der Waals surface area contributed by atoms with E-state index in [9.17, 15) is 8.42 Å². The topological polar surface area (TPSA) is 57.6 Å². The highest BCUT2D eigenvalue weighted by molar-refractivity contribution is 7.89. The third kappa shape index (κ3) is 3.80. The molecule has 0 bridgehead atoms. The molecule has 0 aromatic heterocycles. The van der Waals surface area contributed by atoms with Gasteiger partial charge in [-0.2, -0.15) is 4.31 Å². The summed E-state index contributed by atoms with van der Waals surface area (Å²) >= 11 is 0. The second-order valence-electron chi connectivity index (χ2n) is 4.27. The van der Waals surface area contributed by atoms with E-state index < -0.39 is 10.0 Å². The monoisotopic (exact) mass is 271 g/mol. The standard InChI is InChI=1S/C13H21NO3S/c1-3-11-18(16,17)14(2)13(9-10-15)12-7-5-4-6-8-12/h4-8,13,15H,3,9-11H2,1-2H3. The van der Waals surface area contributed by atoms with Crippen LogP contribution in [0.2, 0.25) is 0 Å². The fourth-order valence-electron chi connectivity index (χ4n) is 1.95. The van der Waals surface area contributed by atoms with Gasteiger partial charge in [-0.15, -0.1) is 0 Å². The Labute approximate surface area is 109 Å². The quantitative estimate of drug-likeness (QED) is 0.822. The summed E-state index contributed by atoms with van der Waals surface area (Å²) in [4.78, 5) is 0. The molecule has 5 heteroatoms. The lowest BCUT2D eigenvalue weighted by molar-refractivity contribution is 0.240. The van der Waals surface area contributed by atoms with Crippen LogP contribution in [0, 0.1) is 0 Å². The van der Waals surface area contributed by atoms with Gasteiger partial charge in [0.2, 0.25) is 10.0 Å². The summed E-state index contributed by atoms with van der Waals surface area (Å²) in [5.41, 5.74) is 0.911. The van der Waals surface area contributed by atoms with E-state index in [0.717, 1.165) is 5.56 Å². The van der Waals surface area contributed by atoms with Gasteiger partial charge < -0.3 is 5.11 Å². The molecule has 1 unspecified atom stereocenters. The number of hydrogen-bond donors (Lipinski definition) is 1. The van der Waals surface area contributed by atoms with Crippen molar-refractivity contribution in [3.8, 4) is 0 Å². The Balaban J connectivity index is 2.99. The Morgan fingerprint density at radius 2 is 1.89 bits per heavy atom. The van der Waals surface area contributed by atoms with E-state index in [-0.39, 0.29) is 18.4 Å². The third-order valence-electron chi connectivity index (χ3n) is 2.93. The first-order chi connectivity index (χ1) is 8.53. The Morgan fingerprint density at radius 1 is 1.28 bits per heavy atom. The lowest BCUT2D eigenvalue weighted by Gasteiger charge is -2.27. The van der Waals surface area contributed by atoms with Crippen LogP contribution >= 0.6 is 0 Å². The van der Waals surface area contributed by atoms with Gasteiger partial charge >= 0.3 is 0 Å². The van der Waals surface area contributed by atoms with E-state index in [4.69, 9.17) is 5.11 Å². The smallest absolute Gasteiger partial charge is 0.214 e. The number of aliphatic hydroxyl groups excluding tert-OH is 1. The molecule has 0 amide bonds. The molecule has 0 aliphatic rings. The maximum atomic E-state index is 12.1. The lowest BCUT2D eigenvalue weighted by Crippen LogP contribution is -2.33. The maximum Gasteiger partial charge on any atom is 0.214 e. The van der Waals surface area contributed by atoms with E-state index in [1.165, 1.54) is 4.31 Å². The first kappa shape index (κ1) is 15.1. The summed E-state index contributed by atoms with van der Waals surface area (Å²) in [7, 11) is -1.68. The van der Waals surface area contributed by atoms with Crippen molar-refractivity contribution in [3.05, 3.63) is 35.9 Å². The van der Waals surface area contributed by atoms with Crippen LogP contribution in [0.25, 0.3) is 0 Å². The number of benzene rings is 1. The van der Waals surface area contributed by atoms with Crippen molar-refractivity contribution < 1.29 is 13.5 Å². The van der Waals surface area contributed by atoms with Gasteiger partial charge in [-0.1, -0.05) is 37.3 Å². The lowest BCUT2D eigenvalue weighted by atomic mass is 10.0. The number of sulfonamides is 1. The van der Waals surface area contributed by atoms with Crippen LogP contribution in [0.5, 0.6) is 0 Å². The van der Waals surface area contributed by atoms with Gasteiger partial charge in [0, 0.05) is 13.7 Å². The van der Waals surface area contributed by atoms with Crippen molar-refractivity contribution in [1.82, 2.24) is 4.31 Å². The summed E-state index contributed by atoms with van der Waals surface area (Å²) in [6, 6.07) is 9.11. The molecule has 0 saturated heterocycles. The van der Waals surface area contributed by atoms with Crippen LogP contribution in [-0.4, -0.2) is 37.2 Å². The molecule has 1 atom stereocenters. The minimum absolute atomic E-state index is 0.0362. The van der Waals surface area contributed by atoms with Gasteiger partial charge in [-0.05, 0) is 18.4 Å². The average molecular weight is 271 g/mol. The van der Waals surface area contributed by atoms with Gasteiger partial charge in [0.05, 0.1) is 11.8 Å². The number of rotatable bonds is 7. The van der Waals surface area contributed by atoms with Gasteiger partial charge in [0.1, 0.15) is 0 Å². The van der Waals surface area contributed by atoms with Gasteiger partial charge in [-0.25, -0.2) is 8.42 Å². The third-order valence-corrected chi connectivity index (χ3v) is 4.98. The molecule has 0 saturated carbocycles. The zero-order valence-corrected chi connectivity index (χ0v) is 11.7. The molecule has 1 rings (SSSR count). The minimum Gasteiger partial charge on any atom is -0.396 e. The van der Waals surface area contributed by atoms with Crippen molar-refractivity contribution in [1.29, 1.82) is 0 Å². The molecule has 1 aromatic carbocycles. The minimum atomic E-state index is -3.26. The predicted molar refractivity (Wildman–Crippen MR) is 72.7 cm³/mol. The zero-order chi connectivity index (χ0) is 13.6. The molecule has 1 N–H and O–H groups in total. The van der Waals surface area contributed by atoms with Crippen molar-refractivity contribution in [2.75, 3.05) is 19.4 Å². The van der Waals surface area contributed by atoms with E-state index in [2.05, 4.69) is 0 Å². The van der Waals surface area contributed by atoms with Crippen LogP contribution in [0.4, 0.5) is 0 Å². The van der Waals surface area contributed by atoms with Crippen molar-refractivity contribution in [3.63, 3.8) is 0 Å². The molecule has 0 heterocycles. The summed E-state index contributed by atoms with van der Waals surface area (Å²) in [5, 5.41) is 9.12. The molecule has 4 nitrogen and oxygen atoms in total. The first-order valence-corrected chi connectivity index (χ1v) is 7.75. The molecule has 0 aliphatic heterocycles. The summed E-state index contributed by atoms with van der Waals surface area (Å²) in [5.74, 6) is 0.137. The van der Waals surface area contributed by atoms with Crippen molar-refractivity contribution in [2.45, 2.75) is 25.8 Å². The molecule has 0 fully saturated rings. The summed E-state index contributed by atoms with van der Waals surface area (Å²) < 4.78 is 25.5. The fraction of sp³-hybridized carbons (Fsp3) is 0.538. The molecule has 0 radical (unpaired) electrons. The highest BCUT2D eigenvalue weighted by Crippen LogP contribution is 2.25. The Kier molecular flexibility index (Phi) is 5.78. The molecule has 18 heavy (non-hydrogen) atoms. The Morgan fingerprint density at radius 3 is 2.39 bits per heavy atom. The highest BCUT2D eigenvalue weighted by atomic mass is 32.2. The largest absolute Gasteiger partial charge is 0.396 e. The van der Waals surface area contributed by atoms with Crippen molar-refractivity contribution >= 4 is 10.0 Å². The normalized spacial score (nSPS) is 13.8. The van der Waals surface area contributed by atoms with Crippen LogP contribution in [0.3, 0.4) is 0 Å². The zero-order valence-electron chi connectivity index (χ0n) is 10.9. The molecule has 0 spiro atoms. The number of nitrogens with zero attached hydrogens (tertiary/aromatic N) is 1. The Hall–Kier alpha value is -0.910. The van der Waals surface area contributed by atoms with Crippen LogP contribution in [0.1, 0.15) is 31.4 Å². The average Bonchev–Trinajstić information content (AvgIpc) is 2.36. The fourth-order valence-corrected chi connectivity index (χ4v) is 3.37. The molecular weight excluding hydrogens is 250 g/mol. The number of aliphatic hydroxyl groups is 1. The molecule has 1 aromatic rings. The van der Waals surface area contributed by atoms with Gasteiger partial charge in [0.25, 0.3) is 0 Å². The van der Waals surface area contributed by atoms with E-state index >= 15 is 0 Å². The van der Waals surface area contributed by atoms with E-state index in [1.807, 2.05) is 37.3 Å². The van der Waals surface area contributed by atoms with E-state index in [0.29, 0.717) is 12.8 Å².